The van der Waals surface area contributed by atoms with Crippen LogP contribution in [0.4, 0.5) is 5.69 Å². The lowest BCUT2D eigenvalue weighted by Crippen LogP contribution is -2.44. The van der Waals surface area contributed by atoms with Gasteiger partial charge in [-0.05, 0) is 25.2 Å². The smallest absolute Gasteiger partial charge is 0.184 e. The topological polar surface area (TPSA) is 36.7 Å². The summed E-state index contributed by atoms with van der Waals surface area (Å²) in [5.74, 6) is 0. The molecule has 0 bridgehead atoms. The minimum atomic E-state index is 0.727. The molecule has 0 spiro atoms. The highest BCUT2D eigenvalue weighted by Gasteiger charge is 2.19. The Morgan fingerprint density at radius 2 is 1.90 bits per heavy atom. The van der Waals surface area contributed by atoms with Crippen LogP contribution in [-0.4, -0.2) is 52.7 Å². The van der Waals surface area contributed by atoms with Gasteiger partial charge in [-0.2, -0.15) is 0 Å². The third kappa shape index (κ3) is 2.13. The Morgan fingerprint density at radius 3 is 2.71 bits per heavy atom. The molecule has 21 heavy (non-hydrogen) atoms. The quantitative estimate of drug-likeness (QED) is 0.691. The fraction of sp³-hybridized carbons (Fsp3) is 0.333. The van der Waals surface area contributed by atoms with Crippen molar-refractivity contribution in [3.63, 3.8) is 0 Å². The molecule has 1 fully saturated rings. The summed E-state index contributed by atoms with van der Waals surface area (Å²) in [6.07, 6.45) is 1.76. The van der Waals surface area contributed by atoms with Crippen LogP contribution < -0.4 is 4.90 Å². The molecular weight excluding hydrogens is 286 g/mol. The number of pyridine rings is 1. The van der Waals surface area contributed by atoms with Gasteiger partial charge in [0.25, 0.3) is 0 Å². The number of halogens is 1. The summed E-state index contributed by atoms with van der Waals surface area (Å²) in [5.41, 5.74) is 3.09. The predicted octanol–water partition coefficient (Wildman–Crippen LogP) is 2.29. The number of anilines is 1. The van der Waals surface area contributed by atoms with Crippen molar-refractivity contribution >= 4 is 33.8 Å². The molecule has 108 valence electrons. The van der Waals surface area contributed by atoms with E-state index in [1.165, 1.54) is 0 Å². The Balaban J connectivity index is 1.91. The Labute approximate surface area is 127 Å². The van der Waals surface area contributed by atoms with E-state index in [0.29, 0.717) is 0 Å². The maximum Gasteiger partial charge on any atom is 0.184 e. The van der Waals surface area contributed by atoms with Crippen molar-refractivity contribution in [3.8, 4) is 0 Å². The molecule has 0 N–H and O–H groups in total. The summed E-state index contributed by atoms with van der Waals surface area (Å²) in [5, 5.41) is 10.3. The molecule has 0 amide bonds. The maximum absolute atomic E-state index is 6.12. The lowest BCUT2D eigenvalue weighted by atomic mass is 10.2. The number of likely N-dealkylation sites (N-methyl/N-ethyl adjacent to an activating group) is 1. The largest absolute Gasteiger partial charge is 0.366 e. The van der Waals surface area contributed by atoms with Crippen LogP contribution in [0.3, 0.4) is 0 Å². The highest BCUT2D eigenvalue weighted by molar-refractivity contribution is 6.31. The van der Waals surface area contributed by atoms with Crippen LogP contribution >= 0.6 is 11.6 Å². The number of piperazine rings is 1. The zero-order valence-corrected chi connectivity index (χ0v) is 12.6. The highest BCUT2D eigenvalue weighted by Crippen LogP contribution is 2.29. The van der Waals surface area contributed by atoms with Gasteiger partial charge >= 0.3 is 0 Å². The minimum absolute atomic E-state index is 0.727. The van der Waals surface area contributed by atoms with Crippen LogP contribution in [-0.2, 0) is 0 Å². The minimum Gasteiger partial charge on any atom is -0.366 e. The van der Waals surface area contributed by atoms with Crippen LogP contribution in [0.2, 0.25) is 5.02 Å². The van der Waals surface area contributed by atoms with Gasteiger partial charge in [0.2, 0.25) is 0 Å². The summed E-state index contributed by atoms with van der Waals surface area (Å²) in [6.45, 7) is 4.16. The van der Waals surface area contributed by atoms with Gasteiger partial charge in [0.15, 0.2) is 5.65 Å². The summed E-state index contributed by atoms with van der Waals surface area (Å²) < 4.78 is 2.02. The average Bonchev–Trinajstić information content (AvgIpc) is 2.97. The predicted molar refractivity (Wildman–Crippen MR) is 85.2 cm³/mol. The van der Waals surface area contributed by atoms with Crippen molar-refractivity contribution < 1.29 is 0 Å². The number of benzene rings is 1. The fourth-order valence-electron chi connectivity index (χ4n) is 2.93. The summed E-state index contributed by atoms with van der Waals surface area (Å²) in [4.78, 5) is 4.73. The SMILES string of the molecule is CN1CCN(c2cc3ccc(Cl)cc3n3cnnc23)CC1. The molecule has 1 saturated heterocycles. The van der Waals surface area contributed by atoms with Crippen molar-refractivity contribution in [1.82, 2.24) is 19.5 Å². The molecule has 0 unspecified atom stereocenters. The van der Waals surface area contributed by atoms with E-state index < -0.39 is 0 Å². The van der Waals surface area contributed by atoms with Gasteiger partial charge in [-0.25, -0.2) is 0 Å². The number of hydrogen-bond acceptors (Lipinski definition) is 4. The molecule has 4 rings (SSSR count). The molecule has 6 heteroatoms. The van der Waals surface area contributed by atoms with E-state index >= 15 is 0 Å². The molecule has 0 radical (unpaired) electrons. The van der Waals surface area contributed by atoms with Crippen molar-refractivity contribution in [1.29, 1.82) is 0 Å². The second kappa shape index (κ2) is 4.86. The van der Waals surface area contributed by atoms with Crippen molar-refractivity contribution in [2.45, 2.75) is 0 Å². The second-order valence-corrected chi connectivity index (χ2v) is 5.98. The van der Waals surface area contributed by atoms with E-state index in [2.05, 4.69) is 39.2 Å². The monoisotopic (exact) mass is 301 g/mol. The van der Waals surface area contributed by atoms with E-state index in [0.717, 1.165) is 53.4 Å². The van der Waals surface area contributed by atoms with Gasteiger partial charge < -0.3 is 9.80 Å². The fourth-order valence-corrected chi connectivity index (χ4v) is 3.09. The summed E-state index contributed by atoms with van der Waals surface area (Å²) in [6, 6.07) is 8.13. The number of nitrogens with zero attached hydrogens (tertiary/aromatic N) is 5. The molecule has 5 nitrogen and oxygen atoms in total. The molecular formula is C15H16ClN5. The van der Waals surface area contributed by atoms with E-state index in [9.17, 15) is 0 Å². The Morgan fingerprint density at radius 1 is 1.10 bits per heavy atom. The Hall–Kier alpha value is -1.85. The van der Waals surface area contributed by atoms with E-state index in [-0.39, 0.29) is 0 Å². The first-order valence-electron chi connectivity index (χ1n) is 7.08. The molecule has 0 aliphatic carbocycles. The van der Waals surface area contributed by atoms with Gasteiger partial charge in [-0.15, -0.1) is 10.2 Å². The zero-order chi connectivity index (χ0) is 14.4. The molecule has 0 atom stereocenters. The standard InChI is InChI=1S/C15H16ClN5/c1-19-4-6-20(7-5-19)14-8-11-2-3-12(16)9-13(11)21-10-17-18-15(14)21/h2-3,8-10H,4-7H2,1H3. The first-order valence-corrected chi connectivity index (χ1v) is 7.46. The van der Waals surface area contributed by atoms with E-state index in [1.807, 2.05) is 16.5 Å². The molecule has 3 heterocycles. The van der Waals surface area contributed by atoms with Crippen LogP contribution in [0.5, 0.6) is 0 Å². The Kier molecular flexibility index (Phi) is 2.97. The third-order valence-corrected chi connectivity index (χ3v) is 4.40. The van der Waals surface area contributed by atoms with Gasteiger partial charge in [0.1, 0.15) is 6.33 Å². The third-order valence-electron chi connectivity index (χ3n) is 4.17. The van der Waals surface area contributed by atoms with Gasteiger partial charge in [-0.3, -0.25) is 4.40 Å². The molecule has 1 aromatic carbocycles. The lowest BCUT2D eigenvalue weighted by Gasteiger charge is -2.34. The van der Waals surface area contributed by atoms with Crippen LogP contribution in [0.15, 0.2) is 30.6 Å². The van der Waals surface area contributed by atoms with E-state index in [4.69, 9.17) is 11.6 Å². The van der Waals surface area contributed by atoms with Gasteiger partial charge in [0.05, 0.1) is 11.2 Å². The molecule has 3 aromatic rings. The second-order valence-electron chi connectivity index (χ2n) is 5.55. The van der Waals surface area contributed by atoms with Crippen LogP contribution in [0.1, 0.15) is 0 Å². The number of hydrogen-bond donors (Lipinski definition) is 0. The van der Waals surface area contributed by atoms with Crippen LogP contribution in [0, 0.1) is 0 Å². The number of fused-ring (bicyclic) bond motifs is 3. The first-order chi connectivity index (χ1) is 10.2. The number of rotatable bonds is 1. The van der Waals surface area contributed by atoms with Gasteiger partial charge in [-0.1, -0.05) is 17.7 Å². The summed E-state index contributed by atoms with van der Waals surface area (Å²) in [7, 11) is 2.16. The summed E-state index contributed by atoms with van der Waals surface area (Å²) >= 11 is 6.12. The van der Waals surface area contributed by atoms with Crippen molar-refractivity contribution in [3.05, 3.63) is 35.6 Å². The molecule has 2 aromatic heterocycles. The molecule has 0 saturated carbocycles. The lowest BCUT2D eigenvalue weighted by molar-refractivity contribution is 0.313. The van der Waals surface area contributed by atoms with Crippen LogP contribution in [0.25, 0.3) is 16.6 Å². The van der Waals surface area contributed by atoms with Gasteiger partial charge in [0, 0.05) is 36.6 Å². The maximum atomic E-state index is 6.12. The highest BCUT2D eigenvalue weighted by atomic mass is 35.5. The number of aromatic nitrogens is 3. The average molecular weight is 302 g/mol. The normalized spacial score (nSPS) is 17.0. The van der Waals surface area contributed by atoms with E-state index in [1.54, 1.807) is 6.33 Å². The molecule has 1 aliphatic rings. The Bertz CT molecular complexity index is 804. The first kappa shape index (κ1) is 12.9. The van der Waals surface area contributed by atoms with Crippen molar-refractivity contribution in [2.24, 2.45) is 0 Å². The molecule has 1 aliphatic heterocycles. The van der Waals surface area contributed by atoms with Crippen molar-refractivity contribution in [2.75, 3.05) is 38.1 Å². The zero-order valence-electron chi connectivity index (χ0n) is 11.8.